The van der Waals surface area contributed by atoms with E-state index in [1.807, 2.05) is 32.2 Å². The van der Waals surface area contributed by atoms with Crippen LogP contribution in [0.2, 0.25) is 5.02 Å². The Hall–Kier alpha value is -2.33. The van der Waals surface area contributed by atoms with Crippen LogP contribution in [0.25, 0.3) is 6.08 Å². The molecule has 0 unspecified atom stereocenters. The Morgan fingerprint density at radius 2 is 2.06 bits per heavy atom. The number of benzene rings is 1. The molecule has 0 bridgehead atoms. The van der Waals surface area contributed by atoms with Crippen molar-refractivity contribution in [2.45, 2.75) is 33.0 Å². The Bertz CT molecular complexity index is 1150. The van der Waals surface area contributed by atoms with E-state index in [1.165, 1.54) is 23.8 Å². The SMILES string of the molecule is COc1ccc(Cl)cc1N1C(=O)/C(=C\c2sccc2C)N=C1SCC(=O)N1C[C@H](C)O[C@@H](C)C1. The summed E-state index contributed by atoms with van der Waals surface area (Å²) in [6.45, 7) is 7.00. The summed E-state index contributed by atoms with van der Waals surface area (Å²) < 4.78 is 11.2. The number of methoxy groups -OCH3 is 1. The summed E-state index contributed by atoms with van der Waals surface area (Å²) in [6.07, 6.45) is 1.75. The first-order chi connectivity index (χ1) is 16.3. The van der Waals surface area contributed by atoms with E-state index in [1.54, 1.807) is 40.5 Å². The number of carbonyl (C=O) groups is 2. The number of aryl methyl sites for hydroxylation is 1. The Morgan fingerprint density at radius 3 is 2.71 bits per heavy atom. The fourth-order valence-corrected chi connectivity index (χ4v) is 5.83. The van der Waals surface area contributed by atoms with Crippen molar-refractivity contribution in [3.8, 4) is 5.75 Å². The number of hydrogen-bond acceptors (Lipinski definition) is 7. The molecule has 2 aliphatic rings. The summed E-state index contributed by atoms with van der Waals surface area (Å²) in [7, 11) is 1.54. The van der Waals surface area contributed by atoms with E-state index in [0.29, 0.717) is 40.4 Å². The third-order valence-electron chi connectivity index (χ3n) is 5.48. The number of hydrogen-bond donors (Lipinski definition) is 0. The molecule has 180 valence electrons. The van der Waals surface area contributed by atoms with E-state index < -0.39 is 0 Å². The molecule has 0 saturated carbocycles. The van der Waals surface area contributed by atoms with Crippen LogP contribution in [0.15, 0.2) is 40.3 Å². The maximum atomic E-state index is 13.5. The molecule has 10 heteroatoms. The predicted octanol–water partition coefficient (Wildman–Crippen LogP) is 4.83. The molecule has 1 aromatic carbocycles. The van der Waals surface area contributed by atoms with Gasteiger partial charge in [0.2, 0.25) is 5.91 Å². The van der Waals surface area contributed by atoms with Crippen molar-refractivity contribution < 1.29 is 19.1 Å². The second-order valence-corrected chi connectivity index (χ2v) is 10.5. The van der Waals surface area contributed by atoms with E-state index in [-0.39, 0.29) is 29.8 Å². The van der Waals surface area contributed by atoms with Crippen LogP contribution in [0.3, 0.4) is 0 Å². The fourth-order valence-electron chi connectivity index (χ4n) is 3.90. The number of halogens is 1. The van der Waals surface area contributed by atoms with E-state index in [2.05, 4.69) is 4.99 Å². The summed E-state index contributed by atoms with van der Waals surface area (Å²) in [6, 6.07) is 7.07. The van der Waals surface area contributed by atoms with Crippen molar-refractivity contribution in [1.29, 1.82) is 0 Å². The van der Waals surface area contributed by atoms with Gasteiger partial charge in [0, 0.05) is 23.0 Å². The molecule has 0 spiro atoms. The lowest BCUT2D eigenvalue weighted by Gasteiger charge is -2.35. The quantitative estimate of drug-likeness (QED) is 0.529. The van der Waals surface area contributed by atoms with Gasteiger partial charge in [-0.05, 0) is 62.1 Å². The number of morpholine rings is 1. The second-order valence-electron chi connectivity index (χ2n) is 8.19. The number of ether oxygens (including phenoxy) is 2. The largest absolute Gasteiger partial charge is 0.495 e. The summed E-state index contributed by atoms with van der Waals surface area (Å²) in [5.41, 5.74) is 1.86. The fraction of sp³-hybridized carbons (Fsp3) is 0.375. The second kappa shape index (κ2) is 10.5. The van der Waals surface area contributed by atoms with Crippen LogP contribution in [-0.2, 0) is 14.3 Å². The van der Waals surface area contributed by atoms with Crippen molar-refractivity contribution >= 4 is 63.4 Å². The average Bonchev–Trinajstić information content (AvgIpc) is 3.33. The lowest BCUT2D eigenvalue weighted by atomic mass is 10.2. The first kappa shape index (κ1) is 24.8. The summed E-state index contributed by atoms with van der Waals surface area (Å²) in [5.74, 6) is 0.321. The summed E-state index contributed by atoms with van der Waals surface area (Å²) >= 11 is 9.02. The van der Waals surface area contributed by atoms with Gasteiger partial charge in [-0.2, -0.15) is 0 Å². The zero-order chi connectivity index (χ0) is 24.4. The minimum Gasteiger partial charge on any atom is -0.495 e. The molecule has 4 rings (SSSR count). The third kappa shape index (κ3) is 5.33. The van der Waals surface area contributed by atoms with Crippen molar-refractivity contribution in [2.75, 3.05) is 30.9 Å². The average molecular weight is 520 g/mol. The van der Waals surface area contributed by atoms with Crippen LogP contribution in [0, 0.1) is 6.92 Å². The Labute approximate surface area is 212 Å². The molecular formula is C24H26ClN3O4S2. The van der Waals surface area contributed by atoms with Gasteiger partial charge in [0.15, 0.2) is 5.17 Å². The molecule has 1 saturated heterocycles. The summed E-state index contributed by atoms with van der Waals surface area (Å²) in [4.78, 5) is 35.3. The summed E-state index contributed by atoms with van der Waals surface area (Å²) in [5, 5.41) is 2.85. The number of anilines is 1. The highest BCUT2D eigenvalue weighted by molar-refractivity contribution is 8.14. The van der Waals surface area contributed by atoms with Gasteiger partial charge >= 0.3 is 0 Å². The number of rotatable bonds is 5. The molecule has 0 N–H and O–H groups in total. The number of thioether (sulfide) groups is 1. The molecule has 1 aromatic heterocycles. The van der Waals surface area contributed by atoms with Crippen molar-refractivity contribution in [1.82, 2.24) is 4.90 Å². The highest BCUT2D eigenvalue weighted by Crippen LogP contribution is 2.37. The van der Waals surface area contributed by atoms with Gasteiger partial charge in [-0.1, -0.05) is 23.4 Å². The molecular weight excluding hydrogens is 494 g/mol. The van der Waals surface area contributed by atoms with Crippen LogP contribution >= 0.6 is 34.7 Å². The first-order valence-corrected chi connectivity index (χ1v) is 13.1. The normalized spacial score (nSPS) is 21.9. The third-order valence-corrected chi connectivity index (χ3v) is 7.60. The molecule has 1 fully saturated rings. The van der Waals surface area contributed by atoms with Crippen molar-refractivity contribution in [3.63, 3.8) is 0 Å². The highest BCUT2D eigenvalue weighted by atomic mass is 35.5. The van der Waals surface area contributed by atoms with Gasteiger partial charge in [-0.3, -0.25) is 9.59 Å². The maximum absolute atomic E-state index is 13.5. The van der Waals surface area contributed by atoms with Crippen LogP contribution in [0.4, 0.5) is 5.69 Å². The highest BCUT2D eigenvalue weighted by Gasteiger charge is 2.35. The molecule has 2 amide bonds. The molecule has 2 aromatic rings. The molecule has 0 radical (unpaired) electrons. The zero-order valence-corrected chi connectivity index (χ0v) is 21.8. The van der Waals surface area contributed by atoms with Gasteiger partial charge in [0.05, 0.1) is 30.8 Å². The maximum Gasteiger partial charge on any atom is 0.283 e. The Kier molecular flexibility index (Phi) is 7.67. The van der Waals surface area contributed by atoms with E-state index in [9.17, 15) is 9.59 Å². The van der Waals surface area contributed by atoms with E-state index in [0.717, 1.165) is 10.4 Å². The number of aliphatic imine (C=N–C) groups is 1. The topological polar surface area (TPSA) is 71.4 Å². The number of carbonyl (C=O) groups excluding carboxylic acids is 2. The predicted molar refractivity (Wildman–Crippen MR) is 139 cm³/mol. The standard InChI is InChI=1S/C24H26ClN3O4S2/c1-14-7-8-33-21(14)10-18-23(30)28(19-9-17(25)5-6-20(19)31-4)24(26-18)34-13-22(29)27-11-15(2)32-16(3)12-27/h5-10,15-16H,11-13H2,1-4H3/b18-10+/t15-,16-/m0/s1. The number of thiophene rings is 1. The van der Waals surface area contributed by atoms with Crippen molar-refractivity contribution in [3.05, 3.63) is 50.8 Å². The van der Waals surface area contributed by atoms with Crippen molar-refractivity contribution in [2.24, 2.45) is 4.99 Å². The van der Waals surface area contributed by atoms with Gasteiger partial charge < -0.3 is 14.4 Å². The van der Waals surface area contributed by atoms with Crippen LogP contribution in [0.5, 0.6) is 5.75 Å². The first-order valence-electron chi connectivity index (χ1n) is 10.8. The van der Waals surface area contributed by atoms with Gasteiger partial charge in [-0.25, -0.2) is 9.89 Å². The van der Waals surface area contributed by atoms with Crippen LogP contribution in [-0.4, -0.2) is 60.0 Å². The molecule has 3 heterocycles. The monoisotopic (exact) mass is 519 g/mol. The van der Waals surface area contributed by atoms with Crippen LogP contribution in [0.1, 0.15) is 24.3 Å². The minimum atomic E-state index is -0.295. The zero-order valence-electron chi connectivity index (χ0n) is 19.4. The Morgan fingerprint density at radius 1 is 1.32 bits per heavy atom. The van der Waals surface area contributed by atoms with Gasteiger partial charge in [0.25, 0.3) is 5.91 Å². The van der Waals surface area contributed by atoms with Crippen LogP contribution < -0.4 is 9.64 Å². The lowest BCUT2D eigenvalue weighted by Crippen LogP contribution is -2.49. The Balaban J connectivity index is 1.63. The van der Waals surface area contributed by atoms with E-state index in [4.69, 9.17) is 21.1 Å². The number of amides is 2. The molecule has 2 aliphatic heterocycles. The minimum absolute atomic E-state index is 0.0149. The smallest absolute Gasteiger partial charge is 0.283 e. The van der Waals surface area contributed by atoms with Gasteiger partial charge in [0.1, 0.15) is 11.4 Å². The molecule has 34 heavy (non-hydrogen) atoms. The molecule has 2 atom stereocenters. The lowest BCUT2D eigenvalue weighted by molar-refractivity contribution is -0.140. The molecule has 0 aliphatic carbocycles. The number of nitrogens with zero attached hydrogens (tertiary/aromatic N) is 3. The number of amidine groups is 1. The van der Waals surface area contributed by atoms with E-state index >= 15 is 0 Å². The molecule has 7 nitrogen and oxygen atoms in total. The van der Waals surface area contributed by atoms with Gasteiger partial charge in [-0.15, -0.1) is 11.3 Å².